The van der Waals surface area contributed by atoms with E-state index in [4.69, 9.17) is 5.73 Å². The van der Waals surface area contributed by atoms with Crippen molar-refractivity contribution >= 4 is 17.9 Å². The Kier molecular flexibility index (Phi) is 5.71. The van der Waals surface area contributed by atoms with E-state index >= 15 is 0 Å². The molecule has 1 aliphatic carbocycles. The summed E-state index contributed by atoms with van der Waals surface area (Å²) in [6.07, 6.45) is 7.71. The van der Waals surface area contributed by atoms with Gasteiger partial charge >= 0.3 is 0 Å². The molecule has 0 radical (unpaired) electrons. The van der Waals surface area contributed by atoms with Crippen molar-refractivity contribution in [3.05, 3.63) is 72.1 Å². The Bertz CT molecular complexity index is 872. The van der Waals surface area contributed by atoms with Gasteiger partial charge in [0.05, 0.1) is 0 Å². The van der Waals surface area contributed by atoms with Gasteiger partial charge in [0.25, 0.3) is 0 Å². The zero-order valence-electron chi connectivity index (χ0n) is 16.3. The monoisotopic (exact) mass is 390 g/mol. The summed E-state index contributed by atoms with van der Waals surface area (Å²) in [5.74, 6) is 1.45. The third-order valence-corrected chi connectivity index (χ3v) is 6.04. The molecule has 1 aromatic carbocycles. The largest absolute Gasteiger partial charge is 0.368 e. The van der Waals surface area contributed by atoms with Crippen LogP contribution in [0.2, 0.25) is 0 Å². The molecule has 1 saturated carbocycles. The number of rotatable bonds is 8. The van der Waals surface area contributed by atoms with E-state index in [0.29, 0.717) is 24.3 Å². The quantitative estimate of drug-likeness (QED) is 0.675. The number of primary amides is 1. The molecule has 1 aliphatic heterocycles. The van der Waals surface area contributed by atoms with Gasteiger partial charge in [0.1, 0.15) is 6.04 Å². The van der Waals surface area contributed by atoms with Crippen molar-refractivity contribution in [1.82, 2.24) is 15.2 Å². The zero-order valence-corrected chi connectivity index (χ0v) is 16.3. The number of hydrogen-bond acceptors (Lipinski definition) is 4. The van der Waals surface area contributed by atoms with Crippen molar-refractivity contribution in [1.29, 1.82) is 0 Å². The van der Waals surface area contributed by atoms with Crippen LogP contribution in [-0.2, 0) is 9.59 Å². The number of amides is 2. The minimum absolute atomic E-state index is 0.0841. The van der Waals surface area contributed by atoms with Crippen molar-refractivity contribution < 1.29 is 9.59 Å². The molecule has 0 bridgehead atoms. The third-order valence-electron chi connectivity index (χ3n) is 6.04. The second-order valence-electron chi connectivity index (χ2n) is 7.86. The van der Waals surface area contributed by atoms with Crippen molar-refractivity contribution in [2.45, 2.75) is 12.5 Å². The third kappa shape index (κ3) is 4.54. The number of nitrogens with zero attached hydrogens (tertiary/aromatic N) is 2. The van der Waals surface area contributed by atoms with Crippen LogP contribution in [0.3, 0.4) is 0 Å². The van der Waals surface area contributed by atoms with Crippen LogP contribution in [0, 0.1) is 17.8 Å². The summed E-state index contributed by atoms with van der Waals surface area (Å²) in [5, 5.41) is 2.96. The van der Waals surface area contributed by atoms with Gasteiger partial charge in [-0.15, -0.1) is 0 Å². The van der Waals surface area contributed by atoms with Gasteiger partial charge in [0.2, 0.25) is 11.8 Å². The Hall–Kier alpha value is -2.99. The number of nitrogens with one attached hydrogen (secondary N) is 1. The molecule has 3 unspecified atom stereocenters. The molecule has 2 aromatic rings. The summed E-state index contributed by atoms with van der Waals surface area (Å²) in [4.78, 5) is 30.2. The van der Waals surface area contributed by atoms with Gasteiger partial charge in [-0.25, -0.2) is 0 Å². The van der Waals surface area contributed by atoms with E-state index in [9.17, 15) is 9.59 Å². The van der Waals surface area contributed by atoms with Crippen LogP contribution < -0.4 is 11.1 Å². The standard InChI is InChI=1S/C23H26N4O2/c24-23(29)22(17-6-2-1-3-7-17)27-14-19-18(20(19)15-27)10-12-26-21(28)9-8-16-5-4-11-25-13-16/h1-9,11,13,18-20,22H,10,12,14-15H2,(H2,24,29)(H,26,28)/b9-8+. The summed E-state index contributed by atoms with van der Waals surface area (Å²) in [6.45, 7) is 2.46. The van der Waals surface area contributed by atoms with Crippen molar-refractivity contribution in [2.24, 2.45) is 23.5 Å². The molecule has 2 fully saturated rings. The molecule has 1 saturated heterocycles. The van der Waals surface area contributed by atoms with Gasteiger partial charge in [-0.1, -0.05) is 36.4 Å². The van der Waals surface area contributed by atoms with Crippen LogP contribution in [0.25, 0.3) is 6.08 Å². The predicted octanol–water partition coefficient (Wildman–Crippen LogP) is 2.01. The van der Waals surface area contributed by atoms with E-state index in [1.165, 1.54) is 0 Å². The van der Waals surface area contributed by atoms with E-state index in [-0.39, 0.29) is 17.9 Å². The molecule has 3 atom stereocenters. The number of piperidine rings is 1. The minimum atomic E-state index is -0.345. The molecule has 3 N–H and O–H groups in total. The fraction of sp³-hybridized carbons (Fsp3) is 0.348. The smallest absolute Gasteiger partial charge is 0.244 e. The first-order chi connectivity index (χ1) is 14.1. The number of aromatic nitrogens is 1. The molecule has 2 aliphatic rings. The number of pyridine rings is 1. The molecule has 2 amide bonds. The highest BCUT2D eigenvalue weighted by molar-refractivity contribution is 5.91. The number of hydrogen-bond donors (Lipinski definition) is 2. The van der Waals surface area contributed by atoms with Gasteiger partial charge in [-0.2, -0.15) is 0 Å². The first-order valence-corrected chi connectivity index (χ1v) is 10.1. The van der Waals surface area contributed by atoms with E-state index in [2.05, 4.69) is 15.2 Å². The normalized spacial score (nSPS) is 24.2. The SMILES string of the molecule is NC(=O)C(c1ccccc1)N1CC2C(CCNC(=O)/C=C/c3cccnc3)C2C1. The maximum Gasteiger partial charge on any atom is 0.244 e. The predicted molar refractivity (Wildman–Crippen MR) is 111 cm³/mol. The molecule has 1 aromatic heterocycles. The number of likely N-dealkylation sites (tertiary alicyclic amines) is 1. The number of carbonyl (C=O) groups is 2. The van der Waals surface area contributed by atoms with E-state index < -0.39 is 0 Å². The zero-order chi connectivity index (χ0) is 20.2. The molecule has 150 valence electrons. The fourth-order valence-electron chi connectivity index (χ4n) is 4.58. The molecule has 6 heteroatoms. The van der Waals surface area contributed by atoms with Gasteiger partial charge in [0, 0.05) is 38.1 Å². The van der Waals surface area contributed by atoms with Gasteiger partial charge in [-0.3, -0.25) is 19.5 Å². The lowest BCUT2D eigenvalue weighted by Gasteiger charge is -2.27. The minimum Gasteiger partial charge on any atom is -0.368 e. The van der Waals surface area contributed by atoms with Crippen LogP contribution in [0.1, 0.15) is 23.6 Å². The molecule has 29 heavy (non-hydrogen) atoms. The van der Waals surface area contributed by atoms with E-state index in [1.54, 1.807) is 24.5 Å². The van der Waals surface area contributed by atoms with Crippen LogP contribution in [0.15, 0.2) is 60.9 Å². The topological polar surface area (TPSA) is 88.3 Å². The summed E-state index contributed by atoms with van der Waals surface area (Å²) < 4.78 is 0. The average molecular weight is 390 g/mol. The molecule has 6 nitrogen and oxygen atoms in total. The lowest BCUT2D eigenvalue weighted by Crippen LogP contribution is -2.38. The highest BCUT2D eigenvalue weighted by Crippen LogP contribution is 2.54. The Morgan fingerprint density at radius 1 is 1.17 bits per heavy atom. The Morgan fingerprint density at radius 3 is 2.59 bits per heavy atom. The second kappa shape index (κ2) is 8.57. The second-order valence-corrected chi connectivity index (χ2v) is 7.86. The van der Waals surface area contributed by atoms with Gasteiger partial charge in [0.15, 0.2) is 0 Å². The molecular formula is C23H26N4O2. The first-order valence-electron chi connectivity index (χ1n) is 10.1. The lowest BCUT2D eigenvalue weighted by atomic mass is 10.0. The summed E-state index contributed by atoms with van der Waals surface area (Å²) in [7, 11) is 0. The number of fused-ring (bicyclic) bond motifs is 1. The lowest BCUT2D eigenvalue weighted by molar-refractivity contribution is -0.123. The van der Waals surface area contributed by atoms with E-state index in [0.717, 1.165) is 30.6 Å². The first kappa shape index (κ1) is 19.3. The van der Waals surface area contributed by atoms with Gasteiger partial charge in [-0.05, 0) is 47.4 Å². The van der Waals surface area contributed by atoms with Crippen LogP contribution >= 0.6 is 0 Å². The Morgan fingerprint density at radius 2 is 1.93 bits per heavy atom. The Balaban J connectivity index is 1.21. The van der Waals surface area contributed by atoms with E-state index in [1.807, 2.05) is 42.5 Å². The average Bonchev–Trinajstić information content (AvgIpc) is 3.17. The van der Waals surface area contributed by atoms with Crippen molar-refractivity contribution in [3.8, 4) is 0 Å². The van der Waals surface area contributed by atoms with Crippen LogP contribution in [0.4, 0.5) is 0 Å². The summed E-state index contributed by atoms with van der Waals surface area (Å²) in [6, 6.07) is 13.2. The highest BCUT2D eigenvalue weighted by atomic mass is 16.2. The maximum absolute atomic E-state index is 12.0. The van der Waals surface area contributed by atoms with Crippen molar-refractivity contribution in [2.75, 3.05) is 19.6 Å². The molecule has 2 heterocycles. The fourth-order valence-corrected chi connectivity index (χ4v) is 4.58. The molecular weight excluding hydrogens is 364 g/mol. The number of benzene rings is 1. The summed E-state index contributed by atoms with van der Waals surface area (Å²) >= 11 is 0. The molecule has 4 rings (SSSR count). The van der Waals surface area contributed by atoms with Gasteiger partial charge < -0.3 is 11.1 Å². The maximum atomic E-state index is 12.0. The number of nitrogens with two attached hydrogens (primary N) is 1. The van der Waals surface area contributed by atoms with Crippen LogP contribution in [-0.4, -0.2) is 41.3 Å². The Labute approximate surface area is 170 Å². The highest BCUT2D eigenvalue weighted by Gasteiger charge is 2.56. The number of carbonyl (C=O) groups excluding carboxylic acids is 2. The van der Waals surface area contributed by atoms with Crippen LogP contribution in [0.5, 0.6) is 0 Å². The molecule has 0 spiro atoms. The summed E-state index contributed by atoms with van der Waals surface area (Å²) in [5.41, 5.74) is 7.56. The van der Waals surface area contributed by atoms with Crippen molar-refractivity contribution in [3.63, 3.8) is 0 Å².